The summed E-state index contributed by atoms with van der Waals surface area (Å²) < 4.78 is 37.2. The van der Waals surface area contributed by atoms with E-state index in [1.807, 2.05) is 4.90 Å². The molecule has 2 atom stereocenters. The van der Waals surface area contributed by atoms with Gasteiger partial charge in [-0.05, 0) is 38.1 Å². The second-order valence-corrected chi connectivity index (χ2v) is 10.9. The Morgan fingerprint density at radius 3 is 2.48 bits per heavy atom. The first-order valence-corrected chi connectivity index (χ1v) is 13.8. The van der Waals surface area contributed by atoms with E-state index in [9.17, 15) is 0 Å². The number of benzene rings is 1. The highest BCUT2D eigenvalue weighted by Gasteiger charge is 2.24. The minimum Gasteiger partial charge on any atom is -0.379 e. The van der Waals surface area contributed by atoms with Crippen LogP contribution in [0, 0.1) is 11.6 Å². The van der Waals surface area contributed by atoms with E-state index in [0.29, 0.717) is 66.4 Å². The van der Waals surface area contributed by atoms with E-state index in [1.54, 1.807) is 35.3 Å². The highest BCUT2D eigenvalue weighted by atomic mass is 35.5. The molecule has 6 rings (SSSR count). The fourth-order valence-corrected chi connectivity index (χ4v) is 5.70. The van der Waals surface area contributed by atoms with E-state index < -0.39 is 11.6 Å². The first-order valence-electron chi connectivity index (χ1n) is 13.4. The molecule has 40 heavy (non-hydrogen) atoms. The van der Waals surface area contributed by atoms with Crippen LogP contribution in [0.4, 0.5) is 26.2 Å². The number of nitrogens with one attached hydrogen (secondary N) is 2. The highest BCUT2D eigenvalue weighted by Crippen LogP contribution is 2.29. The quantitative estimate of drug-likeness (QED) is 0.352. The van der Waals surface area contributed by atoms with Crippen LogP contribution in [0.1, 0.15) is 19.4 Å². The summed E-state index contributed by atoms with van der Waals surface area (Å²) in [5.41, 5.74) is 1.54. The largest absolute Gasteiger partial charge is 0.379 e. The van der Waals surface area contributed by atoms with Gasteiger partial charge < -0.3 is 24.8 Å². The minimum absolute atomic E-state index is 0.0525. The molecule has 2 fully saturated rings. The summed E-state index contributed by atoms with van der Waals surface area (Å²) >= 11 is 6.62. The SMILES string of the molecule is C[C@@H]1CN(c2ncc(Nc3ncc4ccn(-c5cc(F)c(CN6CCOCC6)c(F)c5)c4n3)cc2Cl)C[C@H](C)N1. The standard InChI is InChI=1S/C28H31ClF2N8O/c1-17-14-38(15-18(2)34-17)27-23(29)9-20(13-32-27)35-28-33-12-19-3-4-39(26(19)36-28)21-10-24(30)22(25(31)11-21)16-37-5-7-40-8-6-37/h3-4,9-13,17-18,34H,5-8,14-16H2,1-2H3,(H,33,35,36)/t17-,18+. The van der Waals surface area contributed by atoms with Gasteiger partial charge in [-0.1, -0.05) is 11.6 Å². The molecular formula is C28H31ClF2N8O. The predicted octanol–water partition coefficient (Wildman–Crippen LogP) is 4.51. The van der Waals surface area contributed by atoms with Gasteiger partial charge in [-0.3, -0.25) is 4.90 Å². The number of ether oxygens (including phenoxy) is 1. The predicted molar refractivity (Wildman–Crippen MR) is 152 cm³/mol. The van der Waals surface area contributed by atoms with Crippen LogP contribution in [0.5, 0.6) is 0 Å². The molecular weight excluding hydrogens is 538 g/mol. The van der Waals surface area contributed by atoms with Crippen molar-refractivity contribution in [2.24, 2.45) is 0 Å². The van der Waals surface area contributed by atoms with Gasteiger partial charge in [0.05, 0.1) is 35.8 Å². The lowest BCUT2D eigenvalue weighted by Gasteiger charge is -2.37. The first kappa shape index (κ1) is 26.8. The number of hydrogen-bond acceptors (Lipinski definition) is 8. The maximum absolute atomic E-state index is 15.1. The second-order valence-electron chi connectivity index (χ2n) is 10.5. The van der Waals surface area contributed by atoms with Crippen LogP contribution in [0.2, 0.25) is 5.02 Å². The summed E-state index contributed by atoms with van der Waals surface area (Å²) in [6.07, 6.45) is 5.08. The number of rotatable bonds is 6. The van der Waals surface area contributed by atoms with Gasteiger partial charge in [0.1, 0.15) is 23.1 Å². The number of halogens is 3. The van der Waals surface area contributed by atoms with Crippen molar-refractivity contribution >= 4 is 40.1 Å². The fourth-order valence-electron chi connectivity index (χ4n) is 5.41. The van der Waals surface area contributed by atoms with Crippen LogP contribution in [-0.4, -0.2) is 75.9 Å². The molecule has 2 N–H and O–H groups in total. The first-order chi connectivity index (χ1) is 19.3. The number of pyridine rings is 1. The highest BCUT2D eigenvalue weighted by molar-refractivity contribution is 6.33. The van der Waals surface area contributed by atoms with Crippen molar-refractivity contribution in [3.8, 4) is 5.69 Å². The van der Waals surface area contributed by atoms with Gasteiger partial charge in [-0.25, -0.2) is 18.7 Å². The number of nitrogens with zero attached hydrogens (tertiary/aromatic N) is 6. The summed E-state index contributed by atoms with van der Waals surface area (Å²) in [4.78, 5) is 17.8. The number of fused-ring (bicyclic) bond motifs is 1. The summed E-state index contributed by atoms with van der Waals surface area (Å²) in [5, 5.41) is 7.92. The number of piperazine rings is 1. The molecule has 2 saturated heterocycles. The zero-order valence-electron chi connectivity index (χ0n) is 22.4. The van der Waals surface area contributed by atoms with E-state index >= 15 is 8.78 Å². The van der Waals surface area contributed by atoms with Crippen molar-refractivity contribution in [1.82, 2.24) is 29.7 Å². The van der Waals surface area contributed by atoms with Gasteiger partial charge in [0.2, 0.25) is 5.95 Å². The van der Waals surface area contributed by atoms with Crippen LogP contribution in [0.3, 0.4) is 0 Å². The average molecular weight is 569 g/mol. The third-order valence-corrected chi connectivity index (χ3v) is 7.53. The van der Waals surface area contributed by atoms with Crippen molar-refractivity contribution in [1.29, 1.82) is 0 Å². The number of aromatic nitrogens is 4. The molecule has 0 aliphatic carbocycles. The number of hydrogen-bond donors (Lipinski definition) is 2. The second kappa shape index (κ2) is 11.2. The van der Waals surface area contributed by atoms with Crippen LogP contribution >= 0.6 is 11.6 Å². The lowest BCUT2D eigenvalue weighted by molar-refractivity contribution is 0.0332. The zero-order chi connectivity index (χ0) is 27.8. The molecule has 0 spiro atoms. The molecule has 2 aliphatic rings. The molecule has 0 radical (unpaired) electrons. The Kier molecular flexibility index (Phi) is 7.54. The van der Waals surface area contributed by atoms with Crippen molar-refractivity contribution in [3.63, 3.8) is 0 Å². The van der Waals surface area contributed by atoms with Gasteiger partial charge >= 0.3 is 0 Å². The van der Waals surface area contributed by atoms with Crippen molar-refractivity contribution in [3.05, 3.63) is 65.1 Å². The molecule has 0 amide bonds. The Morgan fingerprint density at radius 2 is 1.77 bits per heavy atom. The topological polar surface area (TPSA) is 83.4 Å². The maximum Gasteiger partial charge on any atom is 0.229 e. The zero-order valence-corrected chi connectivity index (χ0v) is 23.1. The van der Waals surface area contributed by atoms with Gasteiger partial charge in [-0.2, -0.15) is 4.98 Å². The minimum atomic E-state index is -0.593. The molecule has 0 saturated carbocycles. The maximum atomic E-state index is 15.1. The molecule has 210 valence electrons. The Labute approximate surface area is 236 Å². The average Bonchev–Trinajstić information content (AvgIpc) is 3.34. The lowest BCUT2D eigenvalue weighted by Crippen LogP contribution is -2.54. The third-order valence-electron chi connectivity index (χ3n) is 7.25. The van der Waals surface area contributed by atoms with E-state index in [1.165, 1.54) is 12.1 Å². The lowest BCUT2D eigenvalue weighted by atomic mass is 10.1. The Balaban J connectivity index is 1.23. The van der Waals surface area contributed by atoms with Crippen LogP contribution in [0.15, 0.2) is 42.9 Å². The van der Waals surface area contributed by atoms with E-state index in [-0.39, 0.29) is 12.1 Å². The summed E-state index contributed by atoms with van der Waals surface area (Å²) in [7, 11) is 0. The molecule has 0 unspecified atom stereocenters. The van der Waals surface area contributed by atoms with Gasteiger partial charge in [-0.15, -0.1) is 0 Å². The Morgan fingerprint density at radius 1 is 1.05 bits per heavy atom. The smallest absolute Gasteiger partial charge is 0.229 e. The Hall–Kier alpha value is -3.38. The molecule has 12 heteroatoms. The van der Waals surface area contributed by atoms with Gasteiger partial charge in [0.25, 0.3) is 0 Å². The molecule has 1 aromatic carbocycles. The van der Waals surface area contributed by atoms with Gasteiger partial charge in [0, 0.05) is 68.2 Å². The summed E-state index contributed by atoms with van der Waals surface area (Å²) in [6, 6.07) is 6.95. The monoisotopic (exact) mass is 568 g/mol. The van der Waals surface area contributed by atoms with E-state index in [2.05, 4.69) is 44.3 Å². The van der Waals surface area contributed by atoms with Crippen LogP contribution in [-0.2, 0) is 11.3 Å². The van der Waals surface area contributed by atoms with Gasteiger partial charge in [0.15, 0.2) is 0 Å². The number of anilines is 3. The molecule has 5 heterocycles. The Bertz CT molecular complexity index is 1490. The molecule has 2 aliphatic heterocycles. The summed E-state index contributed by atoms with van der Waals surface area (Å²) in [5.74, 6) is -0.138. The normalized spacial score (nSPS) is 20.3. The molecule has 3 aromatic heterocycles. The van der Waals surface area contributed by atoms with E-state index in [0.717, 1.165) is 24.3 Å². The summed E-state index contributed by atoms with van der Waals surface area (Å²) in [6.45, 7) is 8.52. The van der Waals surface area contributed by atoms with Crippen molar-refractivity contribution in [2.45, 2.75) is 32.5 Å². The molecule has 9 nitrogen and oxygen atoms in total. The fraction of sp³-hybridized carbons (Fsp3) is 0.393. The van der Waals surface area contributed by atoms with Crippen LogP contribution < -0.4 is 15.5 Å². The van der Waals surface area contributed by atoms with E-state index in [4.69, 9.17) is 16.3 Å². The van der Waals surface area contributed by atoms with Crippen molar-refractivity contribution in [2.75, 3.05) is 49.6 Å². The molecule has 0 bridgehead atoms. The van der Waals surface area contributed by atoms with Crippen LogP contribution in [0.25, 0.3) is 16.7 Å². The number of morpholine rings is 1. The van der Waals surface area contributed by atoms with Crippen molar-refractivity contribution < 1.29 is 13.5 Å². The third kappa shape index (κ3) is 5.60. The molecule has 4 aromatic rings.